The van der Waals surface area contributed by atoms with Crippen LogP contribution in [0, 0.1) is 6.92 Å². The van der Waals surface area contributed by atoms with Gasteiger partial charge in [0.15, 0.2) is 0 Å². The van der Waals surface area contributed by atoms with Gasteiger partial charge in [-0.25, -0.2) is 9.78 Å². The maximum Gasteiger partial charge on any atom is 0.343 e. The van der Waals surface area contributed by atoms with Gasteiger partial charge in [0.2, 0.25) is 5.88 Å². The fourth-order valence-electron chi connectivity index (χ4n) is 2.90. The number of pyridine rings is 2. The molecule has 0 saturated carbocycles. The second kappa shape index (κ2) is 9.68. The monoisotopic (exact) mass is 392 g/mol. The van der Waals surface area contributed by atoms with E-state index in [1.54, 1.807) is 42.9 Å². The smallest absolute Gasteiger partial charge is 0.343 e. The van der Waals surface area contributed by atoms with E-state index < -0.39 is 5.97 Å². The minimum atomic E-state index is -0.521. The Bertz CT molecular complexity index is 958. The number of rotatable bonds is 8. The zero-order chi connectivity index (χ0) is 20.6. The van der Waals surface area contributed by atoms with E-state index in [0.717, 1.165) is 5.75 Å². The standard InChI is InChI=1S/C23H24N2O4/c1-16(2)20-9-8-18(14-17(20)3)27-12-13-28-23(26)21-7-5-11-25-22(21)29-19-6-4-10-24-15-19/h4-11,14-16H,12-13H2,1-3H3. The minimum absolute atomic E-state index is 0.116. The van der Waals surface area contributed by atoms with E-state index in [1.165, 1.54) is 11.1 Å². The molecule has 0 unspecified atom stereocenters. The second-order valence-corrected chi connectivity index (χ2v) is 6.80. The number of aromatic nitrogens is 2. The number of carbonyl (C=O) groups excluding carboxylic acids is 1. The summed E-state index contributed by atoms with van der Waals surface area (Å²) in [5.74, 6) is 1.36. The van der Waals surface area contributed by atoms with Crippen molar-refractivity contribution in [3.8, 4) is 17.4 Å². The van der Waals surface area contributed by atoms with Gasteiger partial charge in [-0.3, -0.25) is 4.98 Å². The lowest BCUT2D eigenvalue weighted by Crippen LogP contribution is -2.13. The first-order valence-electron chi connectivity index (χ1n) is 9.48. The van der Waals surface area contributed by atoms with Gasteiger partial charge in [-0.2, -0.15) is 0 Å². The van der Waals surface area contributed by atoms with Crippen LogP contribution in [-0.2, 0) is 4.74 Å². The Balaban J connectivity index is 1.54. The van der Waals surface area contributed by atoms with Gasteiger partial charge in [0.05, 0.1) is 6.20 Å². The van der Waals surface area contributed by atoms with Crippen LogP contribution in [0.5, 0.6) is 17.4 Å². The molecule has 0 atom stereocenters. The van der Waals surface area contributed by atoms with Crippen LogP contribution >= 0.6 is 0 Å². The fraction of sp³-hybridized carbons (Fsp3) is 0.261. The lowest BCUT2D eigenvalue weighted by Gasteiger charge is -2.13. The average Bonchev–Trinajstić information content (AvgIpc) is 2.72. The molecule has 0 N–H and O–H groups in total. The predicted octanol–water partition coefficient (Wildman–Crippen LogP) is 4.94. The van der Waals surface area contributed by atoms with Crippen LogP contribution in [0.3, 0.4) is 0 Å². The van der Waals surface area contributed by atoms with Crippen molar-refractivity contribution in [3.63, 3.8) is 0 Å². The van der Waals surface area contributed by atoms with E-state index in [1.807, 2.05) is 12.1 Å². The first-order valence-corrected chi connectivity index (χ1v) is 9.48. The quantitative estimate of drug-likeness (QED) is 0.400. The third kappa shape index (κ3) is 5.54. The molecule has 0 fully saturated rings. The number of benzene rings is 1. The van der Waals surface area contributed by atoms with Gasteiger partial charge in [-0.05, 0) is 60.4 Å². The van der Waals surface area contributed by atoms with Crippen LogP contribution in [0.4, 0.5) is 0 Å². The third-order valence-electron chi connectivity index (χ3n) is 4.29. The number of hydrogen-bond donors (Lipinski definition) is 0. The van der Waals surface area contributed by atoms with Crippen molar-refractivity contribution in [2.24, 2.45) is 0 Å². The second-order valence-electron chi connectivity index (χ2n) is 6.80. The van der Waals surface area contributed by atoms with Crippen LogP contribution in [0.2, 0.25) is 0 Å². The number of nitrogens with zero attached hydrogens (tertiary/aromatic N) is 2. The molecule has 0 radical (unpaired) electrons. The molecule has 0 amide bonds. The highest BCUT2D eigenvalue weighted by Crippen LogP contribution is 2.24. The van der Waals surface area contributed by atoms with Gasteiger partial charge in [-0.1, -0.05) is 19.9 Å². The number of hydrogen-bond acceptors (Lipinski definition) is 6. The van der Waals surface area contributed by atoms with Crippen LogP contribution in [0.15, 0.2) is 61.1 Å². The van der Waals surface area contributed by atoms with E-state index in [4.69, 9.17) is 14.2 Å². The summed E-state index contributed by atoms with van der Waals surface area (Å²) < 4.78 is 16.7. The predicted molar refractivity (Wildman–Crippen MR) is 110 cm³/mol. The molecule has 6 heteroatoms. The largest absolute Gasteiger partial charge is 0.490 e. The molecule has 6 nitrogen and oxygen atoms in total. The fourth-order valence-corrected chi connectivity index (χ4v) is 2.90. The van der Waals surface area contributed by atoms with E-state index in [0.29, 0.717) is 11.7 Å². The Labute approximate surface area is 170 Å². The summed E-state index contributed by atoms with van der Waals surface area (Å²) in [5.41, 5.74) is 2.72. The minimum Gasteiger partial charge on any atom is -0.490 e. The van der Waals surface area contributed by atoms with Gasteiger partial charge in [0.25, 0.3) is 0 Å². The van der Waals surface area contributed by atoms with Crippen molar-refractivity contribution >= 4 is 5.97 Å². The topological polar surface area (TPSA) is 70.5 Å². The highest BCUT2D eigenvalue weighted by Gasteiger charge is 2.16. The summed E-state index contributed by atoms with van der Waals surface area (Å²) in [7, 11) is 0. The molecule has 2 heterocycles. The van der Waals surface area contributed by atoms with Crippen molar-refractivity contribution in [1.82, 2.24) is 9.97 Å². The number of ether oxygens (including phenoxy) is 3. The molecule has 0 saturated heterocycles. The number of esters is 1. The van der Waals surface area contributed by atoms with Crippen LogP contribution < -0.4 is 9.47 Å². The first kappa shape index (κ1) is 20.3. The lowest BCUT2D eigenvalue weighted by atomic mass is 9.98. The molecule has 1 aromatic carbocycles. The molecule has 3 aromatic rings. The Morgan fingerprint density at radius 3 is 2.59 bits per heavy atom. The maximum atomic E-state index is 12.4. The van der Waals surface area contributed by atoms with Crippen LogP contribution in [0.1, 0.15) is 41.3 Å². The Hall–Kier alpha value is -3.41. The summed E-state index contributed by atoms with van der Waals surface area (Å²) in [6, 6.07) is 12.7. The van der Waals surface area contributed by atoms with Crippen molar-refractivity contribution in [1.29, 1.82) is 0 Å². The molecule has 0 bridgehead atoms. The van der Waals surface area contributed by atoms with Crippen molar-refractivity contribution < 1.29 is 19.0 Å². The van der Waals surface area contributed by atoms with Gasteiger partial charge in [0, 0.05) is 12.4 Å². The van der Waals surface area contributed by atoms with Gasteiger partial charge in [0.1, 0.15) is 30.3 Å². The molecule has 0 aliphatic carbocycles. The Kier molecular flexibility index (Phi) is 6.79. The van der Waals surface area contributed by atoms with Gasteiger partial charge in [-0.15, -0.1) is 0 Å². The van der Waals surface area contributed by atoms with E-state index >= 15 is 0 Å². The molecule has 0 spiro atoms. The molecule has 150 valence electrons. The summed E-state index contributed by atoms with van der Waals surface area (Å²) in [6.07, 6.45) is 4.73. The first-order chi connectivity index (χ1) is 14.0. The summed E-state index contributed by atoms with van der Waals surface area (Å²) in [6.45, 7) is 6.75. The molecule has 0 aliphatic heterocycles. The van der Waals surface area contributed by atoms with Crippen molar-refractivity contribution in [3.05, 3.63) is 77.7 Å². The zero-order valence-corrected chi connectivity index (χ0v) is 16.8. The summed E-state index contributed by atoms with van der Waals surface area (Å²) in [5, 5.41) is 0. The highest BCUT2D eigenvalue weighted by atomic mass is 16.6. The molecule has 29 heavy (non-hydrogen) atoms. The van der Waals surface area contributed by atoms with Crippen LogP contribution in [-0.4, -0.2) is 29.2 Å². The maximum absolute atomic E-state index is 12.4. The van der Waals surface area contributed by atoms with E-state index in [9.17, 15) is 4.79 Å². The van der Waals surface area contributed by atoms with E-state index in [-0.39, 0.29) is 24.7 Å². The Morgan fingerprint density at radius 2 is 1.86 bits per heavy atom. The zero-order valence-electron chi connectivity index (χ0n) is 16.8. The highest BCUT2D eigenvalue weighted by molar-refractivity contribution is 5.91. The molecule has 2 aromatic heterocycles. The van der Waals surface area contributed by atoms with Crippen LogP contribution in [0.25, 0.3) is 0 Å². The molecule has 3 rings (SSSR count). The SMILES string of the molecule is Cc1cc(OCCOC(=O)c2cccnc2Oc2cccnc2)ccc1C(C)C. The van der Waals surface area contributed by atoms with E-state index in [2.05, 4.69) is 36.8 Å². The molecular formula is C23H24N2O4. The van der Waals surface area contributed by atoms with Gasteiger partial charge < -0.3 is 14.2 Å². The van der Waals surface area contributed by atoms with Gasteiger partial charge >= 0.3 is 5.97 Å². The molecule has 0 aliphatic rings. The summed E-state index contributed by atoms with van der Waals surface area (Å²) >= 11 is 0. The van der Waals surface area contributed by atoms with Crippen molar-refractivity contribution in [2.45, 2.75) is 26.7 Å². The average molecular weight is 392 g/mol. The lowest BCUT2D eigenvalue weighted by molar-refractivity contribution is 0.0447. The normalized spacial score (nSPS) is 10.6. The number of carbonyl (C=O) groups is 1. The number of aryl methyl sites for hydroxylation is 1. The third-order valence-corrected chi connectivity index (χ3v) is 4.29. The summed E-state index contributed by atoms with van der Waals surface area (Å²) in [4.78, 5) is 20.5. The Morgan fingerprint density at radius 1 is 1.03 bits per heavy atom. The molecular weight excluding hydrogens is 368 g/mol. The van der Waals surface area contributed by atoms with Crippen molar-refractivity contribution in [2.75, 3.05) is 13.2 Å².